The van der Waals surface area contributed by atoms with Crippen molar-refractivity contribution in [2.75, 3.05) is 31.6 Å². The average molecular weight is 375 g/mol. The average Bonchev–Trinajstić information content (AvgIpc) is 3.19. The van der Waals surface area contributed by atoms with Crippen molar-refractivity contribution in [3.05, 3.63) is 30.1 Å². The zero-order valence-electron chi connectivity index (χ0n) is 16.3. The van der Waals surface area contributed by atoms with Crippen molar-refractivity contribution in [1.29, 1.82) is 0 Å². The summed E-state index contributed by atoms with van der Waals surface area (Å²) in [5.41, 5.74) is 0.814. The van der Waals surface area contributed by atoms with Gasteiger partial charge < -0.3 is 14.5 Å². The minimum absolute atomic E-state index is 0.106. The molecule has 2 aliphatic heterocycles. The summed E-state index contributed by atoms with van der Waals surface area (Å²) in [6.45, 7) is 2.33. The van der Waals surface area contributed by atoms with E-state index in [1.807, 2.05) is 11.0 Å². The molecule has 1 aliphatic carbocycles. The summed E-state index contributed by atoms with van der Waals surface area (Å²) < 4.78 is 19.4. The van der Waals surface area contributed by atoms with Crippen LogP contribution in [-0.2, 0) is 9.53 Å². The van der Waals surface area contributed by atoms with E-state index in [0.717, 1.165) is 50.5 Å². The molecule has 3 fully saturated rings. The summed E-state index contributed by atoms with van der Waals surface area (Å²) in [7, 11) is 1.76. The second kappa shape index (κ2) is 7.78. The minimum Gasteiger partial charge on any atom is -0.377 e. The van der Waals surface area contributed by atoms with Gasteiger partial charge in [-0.3, -0.25) is 4.79 Å². The Bertz CT molecular complexity index is 666. The Labute approximate surface area is 161 Å². The highest BCUT2D eigenvalue weighted by Gasteiger charge is 2.55. The van der Waals surface area contributed by atoms with E-state index < -0.39 is 0 Å². The second-order valence-corrected chi connectivity index (χ2v) is 8.49. The van der Waals surface area contributed by atoms with Gasteiger partial charge in [-0.05, 0) is 43.4 Å². The molecule has 148 valence electrons. The standard InChI is InChI=1S/C22H31FN2O2/c1-27-20-16-25(19-8-4-7-18(23)15-19)22(20)11-13-24(14-12-22)21(26)10-9-17-5-2-3-6-17/h4,7-8,15,17,20H,2-3,5-6,9-14,16H2,1H3. The van der Waals surface area contributed by atoms with Crippen molar-refractivity contribution in [1.82, 2.24) is 4.90 Å². The lowest BCUT2D eigenvalue weighted by molar-refractivity contribution is -0.135. The molecule has 1 spiro atoms. The molecule has 27 heavy (non-hydrogen) atoms. The molecule has 1 aromatic rings. The van der Waals surface area contributed by atoms with Crippen molar-refractivity contribution in [3.63, 3.8) is 0 Å². The van der Waals surface area contributed by atoms with Gasteiger partial charge in [-0.2, -0.15) is 0 Å². The fraction of sp³-hybridized carbons (Fsp3) is 0.682. The summed E-state index contributed by atoms with van der Waals surface area (Å²) in [6, 6.07) is 6.82. The van der Waals surface area contributed by atoms with Gasteiger partial charge >= 0.3 is 0 Å². The fourth-order valence-corrected chi connectivity index (χ4v) is 5.40. The highest BCUT2D eigenvalue weighted by atomic mass is 19.1. The lowest BCUT2D eigenvalue weighted by atomic mass is 9.73. The van der Waals surface area contributed by atoms with E-state index in [1.54, 1.807) is 19.2 Å². The van der Waals surface area contributed by atoms with E-state index in [0.29, 0.717) is 12.3 Å². The van der Waals surface area contributed by atoms with Gasteiger partial charge in [-0.15, -0.1) is 0 Å². The third-order valence-corrected chi connectivity index (χ3v) is 7.11. The fourth-order valence-electron chi connectivity index (χ4n) is 5.40. The predicted molar refractivity (Wildman–Crippen MR) is 104 cm³/mol. The predicted octanol–water partition coefficient (Wildman–Crippen LogP) is 3.99. The Balaban J connectivity index is 1.37. The number of methoxy groups -OCH3 is 1. The van der Waals surface area contributed by atoms with Crippen molar-refractivity contribution < 1.29 is 13.9 Å². The highest BCUT2D eigenvalue weighted by molar-refractivity contribution is 5.76. The van der Waals surface area contributed by atoms with E-state index in [9.17, 15) is 9.18 Å². The first-order valence-electron chi connectivity index (χ1n) is 10.5. The van der Waals surface area contributed by atoms with Crippen LogP contribution in [0.15, 0.2) is 24.3 Å². The van der Waals surface area contributed by atoms with Gasteiger partial charge in [0.05, 0.1) is 11.6 Å². The normalized spacial score (nSPS) is 25.0. The Hall–Kier alpha value is -1.62. The topological polar surface area (TPSA) is 32.8 Å². The van der Waals surface area contributed by atoms with E-state index >= 15 is 0 Å². The first-order valence-corrected chi connectivity index (χ1v) is 10.5. The van der Waals surface area contributed by atoms with E-state index in [4.69, 9.17) is 4.74 Å². The van der Waals surface area contributed by atoms with Crippen LogP contribution >= 0.6 is 0 Å². The van der Waals surface area contributed by atoms with Crippen LogP contribution in [0.1, 0.15) is 51.4 Å². The van der Waals surface area contributed by atoms with Crippen LogP contribution in [0.3, 0.4) is 0 Å². The largest absolute Gasteiger partial charge is 0.377 e. The van der Waals surface area contributed by atoms with Gasteiger partial charge in [0, 0.05) is 38.9 Å². The molecule has 1 amide bonds. The van der Waals surface area contributed by atoms with Crippen molar-refractivity contribution >= 4 is 11.6 Å². The summed E-state index contributed by atoms with van der Waals surface area (Å²) in [4.78, 5) is 17.0. The lowest BCUT2D eigenvalue weighted by Crippen LogP contribution is -2.74. The molecular formula is C22H31FN2O2. The SMILES string of the molecule is COC1CN(c2cccc(F)c2)C12CCN(C(=O)CCC1CCCC1)CC2. The molecule has 0 bridgehead atoms. The Morgan fingerprint density at radius 3 is 2.67 bits per heavy atom. The number of anilines is 1. The number of likely N-dealkylation sites (tertiary alicyclic amines) is 1. The van der Waals surface area contributed by atoms with Gasteiger partial charge in [-0.1, -0.05) is 31.7 Å². The maximum atomic E-state index is 13.7. The summed E-state index contributed by atoms with van der Waals surface area (Å²) in [5, 5.41) is 0. The molecule has 2 heterocycles. The van der Waals surface area contributed by atoms with Crippen molar-refractivity contribution in [2.45, 2.75) is 63.0 Å². The molecule has 1 saturated carbocycles. The van der Waals surface area contributed by atoms with Gasteiger partial charge in [0.25, 0.3) is 0 Å². The van der Waals surface area contributed by atoms with Crippen LogP contribution in [0.25, 0.3) is 0 Å². The number of nitrogens with zero attached hydrogens (tertiary/aromatic N) is 2. The number of ether oxygens (including phenoxy) is 1. The van der Waals surface area contributed by atoms with Crippen LogP contribution < -0.4 is 4.90 Å². The number of hydrogen-bond donors (Lipinski definition) is 0. The van der Waals surface area contributed by atoms with Crippen LogP contribution in [0.5, 0.6) is 0 Å². The van der Waals surface area contributed by atoms with Crippen molar-refractivity contribution in [3.8, 4) is 0 Å². The molecule has 4 rings (SSSR count). The van der Waals surface area contributed by atoms with Gasteiger partial charge in [-0.25, -0.2) is 4.39 Å². The monoisotopic (exact) mass is 374 g/mol. The second-order valence-electron chi connectivity index (χ2n) is 8.49. The number of benzene rings is 1. The minimum atomic E-state index is -0.206. The van der Waals surface area contributed by atoms with Crippen LogP contribution in [-0.4, -0.2) is 49.2 Å². The molecule has 0 aromatic heterocycles. The molecule has 4 nitrogen and oxygen atoms in total. The number of hydrogen-bond acceptors (Lipinski definition) is 3. The summed E-state index contributed by atoms with van der Waals surface area (Å²) >= 11 is 0. The summed E-state index contributed by atoms with van der Waals surface area (Å²) in [5.74, 6) is 0.864. The maximum Gasteiger partial charge on any atom is 0.222 e. The van der Waals surface area contributed by atoms with Crippen LogP contribution in [0, 0.1) is 11.7 Å². The molecule has 0 N–H and O–H groups in total. The Morgan fingerprint density at radius 1 is 1.26 bits per heavy atom. The smallest absolute Gasteiger partial charge is 0.222 e. The van der Waals surface area contributed by atoms with E-state index in [-0.39, 0.29) is 17.5 Å². The molecule has 5 heteroatoms. The molecule has 2 saturated heterocycles. The number of carbonyl (C=O) groups is 1. The van der Waals surface area contributed by atoms with E-state index in [2.05, 4.69) is 4.90 Å². The molecule has 1 unspecified atom stereocenters. The third-order valence-electron chi connectivity index (χ3n) is 7.11. The number of piperidine rings is 1. The maximum absolute atomic E-state index is 13.7. The Morgan fingerprint density at radius 2 is 2.00 bits per heavy atom. The highest BCUT2D eigenvalue weighted by Crippen LogP contribution is 2.44. The van der Waals surface area contributed by atoms with E-state index in [1.165, 1.54) is 31.7 Å². The Kier molecular flexibility index (Phi) is 5.40. The van der Waals surface area contributed by atoms with Gasteiger partial charge in [0.1, 0.15) is 5.82 Å². The summed E-state index contributed by atoms with van der Waals surface area (Å²) in [6.07, 6.45) is 8.93. The quantitative estimate of drug-likeness (QED) is 0.781. The van der Waals surface area contributed by atoms with Crippen LogP contribution in [0.2, 0.25) is 0 Å². The molecule has 1 atom stereocenters. The first-order chi connectivity index (χ1) is 13.1. The van der Waals surface area contributed by atoms with Crippen molar-refractivity contribution in [2.24, 2.45) is 5.92 Å². The zero-order chi connectivity index (χ0) is 18.9. The number of halogens is 1. The third kappa shape index (κ3) is 3.58. The number of amides is 1. The number of rotatable bonds is 5. The lowest BCUT2D eigenvalue weighted by Gasteiger charge is -2.61. The molecule has 1 aromatic carbocycles. The molecule has 0 radical (unpaired) electrons. The number of carbonyl (C=O) groups excluding carboxylic acids is 1. The molecular weight excluding hydrogens is 343 g/mol. The van der Waals surface area contributed by atoms with Gasteiger partial charge in [0.15, 0.2) is 0 Å². The van der Waals surface area contributed by atoms with Crippen LogP contribution in [0.4, 0.5) is 10.1 Å². The molecule has 3 aliphatic rings. The van der Waals surface area contributed by atoms with Gasteiger partial charge in [0.2, 0.25) is 5.91 Å². The zero-order valence-corrected chi connectivity index (χ0v) is 16.3. The first kappa shape index (κ1) is 18.7.